The van der Waals surface area contributed by atoms with Gasteiger partial charge in [-0.3, -0.25) is 9.78 Å². The third kappa shape index (κ3) is 2.55. The maximum Gasteiger partial charge on any atom is 0.243 e. The second-order valence-electron chi connectivity index (χ2n) is 3.87. The Morgan fingerprint density at radius 2 is 2.22 bits per heavy atom. The number of rotatable bonds is 4. The molecule has 0 atom stereocenters. The number of nitrogens with zero attached hydrogens (tertiary/aromatic N) is 1. The number of aromatic nitrogens is 1. The topological polar surface area (TPSA) is 62.2 Å². The molecule has 1 heterocycles. The first-order chi connectivity index (χ1) is 8.74. The number of carbonyl (C=O) groups is 1. The summed E-state index contributed by atoms with van der Waals surface area (Å²) in [4.78, 5) is 15.5. The van der Waals surface area contributed by atoms with Crippen LogP contribution in [0.25, 0.3) is 10.9 Å². The Bertz CT molecular complexity index is 593. The molecule has 0 radical (unpaired) electrons. The molecule has 0 saturated heterocycles. The van der Waals surface area contributed by atoms with Crippen LogP contribution in [0, 0.1) is 0 Å². The van der Waals surface area contributed by atoms with Gasteiger partial charge in [-0.25, -0.2) is 0 Å². The first kappa shape index (κ1) is 12.3. The van der Waals surface area contributed by atoms with E-state index in [4.69, 9.17) is 0 Å². The summed E-state index contributed by atoms with van der Waals surface area (Å²) in [6.45, 7) is 3.57. The van der Waals surface area contributed by atoms with Crippen LogP contribution in [0.3, 0.4) is 0 Å². The van der Waals surface area contributed by atoms with Crippen molar-refractivity contribution >= 4 is 16.8 Å². The molecule has 0 aliphatic rings. The molecule has 2 N–H and O–H groups in total. The van der Waals surface area contributed by atoms with E-state index < -0.39 is 0 Å². The van der Waals surface area contributed by atoms with Gasteiger partial charge in [0.15, 0.2) is 0 Å². The largest absolute Gasteiger partial charge is 0.390 e. The van der Waals surface area contributed by atoms with Crippen LogP contribution >= 0.6 is 0 Å². The fraction of sp³-hybridized carbons (Fsp3) is 0.143. The van der Waals surface area contributed by atoms with Crippen LogP contribution in [0.15, 0.2) is 43.0 Å². The Morgan fingerprint density at radius 1 is 1.44 bits per heavy atom. The van der Waals surface area contributed by atoms with E-state index in [0.717, 1.165) is 16.5 Å². The summed E-state index contributed by atoms with van der Waals surface area (Å²) in [5.41, 5.74) is 2.23. The molecule has 0 saturated carbocycles. The van der Waals surface area contributed by atoms with Gasteiger partial charge in [0.2, 0.25) is 5.91 Å². The van der Waals surface area contributed by atoms with Crippen LogP contribution in [0.1, 0.15) is 11.3 Å². The highest BCUT2D eigenvalue weighted by Crippen LogP contribution is 2.16. The molecule has 2 aromatic rings. The zero-order valence-corrected chi connectivity index (χ0v) is 9.89. The zero-order valence-electron chi connectivity index (χ0n) is 9.89. The molecule has 18 heavy (non-hydrogen) atoms. The van der Waals surface area contributed by atoms with Crippen LogP contribution in [0.4, 0.5) is 0 Å². The summed E-state index contributed by atoms with van der Waals surface area (Å²) in [5, 5.41) is 13.0. The number of benzene rings is 1. The Kier molecular flexibility index (Phi) is 3.69. The standard InChI is InChI=1S/C14H14N2O2/c1-2-14(18)15-8-11-7-10-5-3-4-6-12(10)16-13(11)9-17/h2-7,17H,1,8-9H2,(H,15,18). The molecule has 0 bridgehead atoms. The number of hydrogen-bond donors (Lipinski definition) is 2. The number of nitrogens with one attached hydrogen (secondary N) is 1. The summed E-state index contributed by atoms with van der Waals surface area (Å²) in [5.74, 6) is -0.243. The second-order valence-corrected chi connectivity index (χ2v) is 3.87. The van der Waals surface area contributed by atoms with E-state index >= 15 is 0 Å². The van der Waals surface area contributed by atoms with Gasteiger partial charge in [-0.15, -0.1) is 0 Å². The lowest BCUT2D eigenvalue weighted by atomic mass is 10.1. The molecule has 1 amide bonds. The van der Waals surface area contributed by atoms with Crippen molar-refractivity contribution in [3.8, 4) is 0 Å². The molecule has 2 rings (SSSR count). The van der Waals surface area contributed by atoms with Gasteiger partial charge in [0.25, 0.3) is 0 Å². The minimum Gasteiger partial charge on any atom is -0.390 e. The highest BCUT2D eigenvalue weighted by atomic mass is 16.3. The third-order valence-electron chi connectivity index (χ3n) is 2.68. The molecule has 92 valence electrons. The quantitative estimate of drug-likeness (QED) is 0.799. The smallest absolute Gasteiger partial charge is 0.243 e. The lowest BCUT2D eigenvalue weighted by Gasteiger charge is -2.09. The Morgan fingerprint density at radius 3 is 2.94 bits per heavy atom. The van der Waals surface area contributed by atoms with E-state index in [-0.39, 0.29) is 12.5 Å². The van der Waals surface area contributed by atoms with Crippen molar-refractivity contribution < 1.29 is 9.90 Å². The first-order valence-electron chi connectivity index (χ1n) is 5.63. The molecular weight excluding hydrogens is 228 g/mol. The lowest BCUT2D eigenvalue weighted by Crippen LogP contribution is -2.21. The van der Waals surface area contributed by atoms with Crippen molar-refractivity contribution in [1.82, 2.24) is 10.3 Å². The number of aliphatic hydroxyl groups is 1. The summed E-state index contributed by atoms with van der Waals surface area (Å²) >= 11 is 0. The van der Waals surface area contributed by atoms with Crippen LogP contribution in [0.5, 0.6) is 0 Å². The lowest BCUT2D eigenvalue weighted by molar-refractivity contribution is -0.116. The van der Waals surface area contributed by atoms with Crippen LogP contribution in [0.2, 0.25) is 0 Å². The van der Waals surface area contributed by atoms with Gasteiger partial charge >= 0.3 is 0 Å². The van der Waals surface area contributed by atoms with Crippen molar-refractivity contribution in [2.24, 2.45) is 0 Å². The maximum atomic E-state index is 11.1. The van der Waals surface area contributed by atoms with Crippen LogP contribution in [-0.2, 0) is 17.9 Å². The van der Waals surface area contributed by atoms with Gasteiger partial charge in [-0.1, -0.05) is 24.8 Å². The van der Waals surface area contributed by atoms with Gasteiger partial charge in [0, 0.05) is 11.9 Å². The molecule has 0 spiro atoms. The van der Waals surface area contributed by atoms with Gasteiger partial charge in [0.05, 0.1) is 17.8 Å². The van der Waals surface area contributed by atoms with E-state index in [1.54, 1.807) is 0 Å². The fourth-order valence-corrected chi connectivity index (χ4v) is 1.74. The number of amides is 1. The highest BCUT2D eigenvalue weighted by molar-refractivity contribution is 5.87. The number of hydrogen-bond acceptors (Lipinski definition) is 3. The molecule has 0 aliphatic heterocycles. The van der Waals surface area contributed by atoms with Gasteiger partial charge in [-0.2, -0.15) is 0 Å². The summed E-state index contributed by atoms with van der Waals surface area (Å²) in [6.07, 6.45) is 1.22. The zero-order chi connectivity index (χ0) is 13.0. The van der Waals surface area contributed by atoms with Crippen molar-refractivity contribution in [3.63, 3.8) is 0 Å². The monoisotopic (exact) mass is 242 g/mol. The minimum atomic E-state index is -0.243. The number of fused-ring (bicyclic) bond motifs is 1. The predicted octanol–water partition coefficient (Wildman–Crippen LogP) is 1.53. The Labute approximate surface area is 105 Å². The summed E-state index contributed by atoms with van der Waals surface area (Å²) in [7, 11) is 0. The first-order valence-corrected chi connectivity index (χ1v) is 5.63. The third-order valence-corrected chi connectivity index (χ3v) is 2.68. The van der Waals surface area contributed by atoms with Gasteiger partial charge < -0.3 is 10.4 Å². The average molecular weight is 242 g/mol. The molecule has 4 nitrogen and oxygen atoms in total. The van der Waals surface area contributed by atoms with Gasteiger partial charge in [-0.05, 0) is 23.8 Å². The van der Waals surface area contributed by atoms with Crippen LogP contribution < -0.4 is 5.32 Å². The van der Waals surface area contributed by atoms with Gasteiger partial charge in [0.1, 0.15) is 0 Å². The van der Waals surface area contributed by atoms with Crippen LogP contribution in [-0.4, -0.2) is 16.0 Å². The normalized spacial score (nSPS) is 10.3. The summed E-state index contributed by atoms with van der Waals surface area (Å²) < 4.78 is 0. The van der Waals surface area contributed by atoms with Crippen molar-refractivity contribution in [3.05, 3.63) is 54.2 Å². The number of pyridine rings is 1. The second kappa shape index (κ2) is 5.42. The number of carbonyl (C=O) groups excluding carboxylic acids is 1. The highest BCUT2D eigenvalue weighted by Gasteiger charge is 2.06. The summed E-state index contributed by atoms with van der Waals surface area (Å²) in [6, 6.07) is 9.59. The molecule has 1 aromatic heterocycles. The average Bonchev–Trinajstić information content (AvgIpc) is 2.43. The van der Waals surface area contributed by atoms with E-state index in [1.807, 2.05) is 30.3 Å². The Hall–Kier alpha value is -2.20. The van der Waals surface area contributed by atoms with Crippen molar-refractivity contribution in [1.29, 1.82) is 0 Å². The molecule has 0 unspecified atom stereocenters. The van der Waals surface area contributed by atoms with Crippen molar-refractivity contribution in [2.75, 3.05) is 0 Å². The maximum absolute atomic E-state index is 11.1. The molecule has 1 aromatic carbocycles. The molecule has 4 heteroatoms. The molecular formula is C14H14N2O2. The minimum absolute atomic E-state index is 0.149. The fourth-order valence-electron chi connectivity index (χ4n) is 1.74. The predicted molar refractivity (Wildman–Crippen MR) is 69.7 cm³/mol. The van der Waals surface area contributed by atoms with E-state index in [9.17, 15) is 9.90 Å². The van der Waals surface area contributed by atoms with Crippen molar-refractivity contribution in [2.45, 2.75) is 13.2 Å². The Balaban J connectivity index is 2.35. The molecule has 0 fully saturated rings. The van der Waals surface area contributed by atoms with E-state index in [2.05, 4.69) is 16.9 Å². The number of aliphatic hydroxyl groups excluding tert-OH is 1. The SMILES string of the molecule is C=CC(=O)NCc1cc2ccccc2nc1CO. The van der Waals surface area contributed by atoms with E-state index in [0.29, 0.717) is 12.2 Å². The number of para-hydroxylation sites is 1. The van der Waals surface area contributed by atoms with E-state index in [1.165, 1.54) is 6.08 Å². The molecule has 0 aliphatic carbocycles.